The van der Waals surface area contributed by atoms with Gasteiger partial charge in [-0.1, -0.05) is 46.5 Å². The monoisotopic (exact) mass is 212 g/mol. The SMILES string of the molecule is C[CH]C(=O)N(CCCCC)CCCCC. The summed E-state index contributed by atoms with van der Waals surface area (Å²) < 4.78 is 0. The summed E-state index contributed by atoms with van der Waals surface area (Å²) in [5.74, 6) is 0.196. The summed E-state index contributed by atoms with van der Waals surface area (Å²) >= 11 is 0. The fraction of sp³-hybridized carbons (Fsp3) is 0.846. The van der Waals surface area contributed by atoms with Gasteiger partial charge in [-0.2, -0.15) is 0 Å². The van der Waals surface area contributed by atoms with Crippen LogP contribution in [0, 0.1) is 6.42 Å². The molecule has 1 amide bonds. The number of nitrogens with zero attached hydrogens (tertiary/aromatic N) is 1. The van der Waals surface area contributed by atoms with Gasteiger partial charge in [0.25, 0.3) is 0 Å². The molecule has 0 saturated carbocycles. The highest BCUT2D eigenvalue weighted by Crippen LogP contribution is 2.04. The molecular formula is C13H26NO. The molecule has 0 atom stereocenters. The number of hydrogen-bond donors (Lipinski definition) is 0. The van der Waals surface area contributed by atoms with E-state index in [4.69, 9.17) is 0 Å². The van der Waals surface area contributed by atoms with Crippen LogP contribution in [-0.4, -0.2) is 23.9 Å². The fourth-order valence-electron chi connectivity index (χ4n) is 1.62. The molecule has 0 aromatic carbocycles. The van der Waals surface area contributed by atoms with Crippen molar-refractivity contribution in [3.05, 3.63) is 6.42 Å². The minimum Gasteiger partial charge on any atom is -0.342 e. The van der Waals surface area contributed by atoms with Gasteiger partial charge in [0.1, 0.15) is 0 Å². The number of hydrogen-bond acceptors (Lipinski definition) is 1. The Bertz CT molecular complexity index is 147. The second kappa shape index (κ2) is 10.0. The second-order valence-corrected chi connectivity index (χ2v) is 4.03. The summed E-state index contributed by atoms with van der Waals surface area (Å²) in [7, 11) is 0. The van der Waals surface area contributed by atoms with Gasteiger partial charge in [-0.15, -0.1) is 0 Å². The third-order valence-electron chi connectivity index (χ3n) is 2.62. The molecule has 0 spiro atoms. The molecule has 89 valence electrons. The quantitative estimate of drug-likeness (QED) is 0.536. The van der Waals surface area contributed by atoms with Crippen LogP contribution in [0.1, 0.15) is 59.3 Å². The van der Waals surface area contributed by atoms with Gasteiger partial charge in [0.15, 0.2) is 0 Å². The smallest absolute Gasteiger partial charge is 0.226 e. The first kappa shape index (κ1) is 14.5. The Hall–Kier alpha value is -0.530. The Labute approximate surface area is 95.0 Å². The molecule has 2 nitrogen and oxygen atoms in total. The van der Waals surface area contributed by atoms with Crippen LogP contribution < -0.4 is 0 Å². The first-order valence-corrected chi connectivity index (χ1v) is 6.34. The molecule has 0 aromatic rings. The van der Waals surface area contributed by atoms with Crippen LogP contribution >= 0.6 is 0 Å². The van der Waals surface area contributed by atoms with E-state index < -0.39 is 0 Å². The summed E-state index contributed by atoms with van der Waals surface area (Å²) in [6.07, 6.45) is 8.84. The summed E-state index contributed by atoms with van der Waals surface area (Å²) in [6.45, 7) is 8.07. The number of unbranched alkanes of at least 4 members (excludes halogenated alkanes) is 4. The topological polar surface area (TPSA) is 20.3 Å². The Morgan fingerprint density at radius 1 is 1.00 bits per heavy atom. The maximum atomic E-state index is 11.6. The van der Waals surface area contributed by atoms with Crippen molar-refractivity contribution in [3.8, 4) is 0 Å². The van der Waals surface area contributed by atoms with E-state index in [0.717, 1.165) is 25.9 Å². The Balaban J connectivity index is 3.79. The van der Waals surface area contributed by atoms with E-state index in [9.17, 15) is 4.79 Å². The van der Waals surface area contributed by atoms with Gasteiger partial charge in [-0.3, -0.25) is 4.79 Å². The zero-order chi connectivity index (χ0) is 11.5. The molecule has 0 N–H and O–H groups in total. The highest BCUT2D eigenvalue weighted by atomic mass is 16.2. The number of carbonyl (C=O) groups excluding carboxylic acids is 1. The van der Waals surface area contributed by atoms with Crippen molar-refractivity contribution in [1.82, 2.24) is 4.90 Å². The normalized spacial score (nSPS) is 10.3. The van der Waals surface area contributed by atoms with Crippen LogP contribution in [0.5, 0.6) is 0 Å². The molecule has 0 heterocycles. The summed E-state index contributed by atoms with van der Waals surface area (Å²) in [5.41, 5.74) is 0. The van der Waals surface area contributed by atoms with E-state index in [0.29, 0.717) is 0 Å². The van der Waals surface area contributed by atoms with Crippen LogP contribution in [0.15, 0.2) is 0 Å². The molecule has 0 bridgehead atoms. The van der Waals surface area contributed by atoms with E-state index in [1.807, 2.05) is 11.8 Å². The number of carbonyl (C=O) groups is 1. The van der Waals surface area contributed by atoms with Gasteiger partial charge in [-0.25, -0.2) is 0 Å². The van der Waals surface area contributed by atoms with Crippen molar-refractivity contribution in [3.63, 3.8) is 0 Å². The lowest BCUT2D eigenvalue weighted by molar-refractivity contribution is -0.127. The minimum absolute atomic E-state index is 0.196. The molecule has 0 rings (SSSR count). The average molecular weight is 212 g/mol. The van der Waals surface area contributed by atoms with Crippen molar-refractivity contribution in [2.45, 2.75) is 59.3 Å². The van der Waals surface area contributed by atoms with Crippen LogP contribution in [-0.2, 0) is 4.79 Å². The van der Waals surface area contributed by atoms with Crippen molar-refractivity contribution >= 4 is 5.91 Å². The average Bonchev–Trinajstić information content (AvgIpc) is 2.26. The first-order chi connectivity index (χ1) is 7.26. The Morgan fingerprint density at radius 2 is 1.47 bits per heavy atom. The third kappa shape index (κ3) is 7.40. The fourth-order valence-corrected chi connectivity index (χ4v) is 1.62. The maximum absolute atomic E-state index is 11.6. The van der Waals surface area contributed by atoms with Gasteiger partial charge >= 0.3 is 0 Å². The van der Waals surface area contributed by atoms with Gasteiger partial charge in [0.05, 0.1) is 0 Å². The molecule has 0 saturated heterocycles. The van der Waals surface area contributed by atoms with Crippen LogP contribution in [0.2, 0.25) is 0 Å². The Kier molecular flexibility index (Phi) is 9.65. The van der Waals surface area contributed by atoms with Gasteiger partial charge in [0.2, 0.25) is 5.91 Å². The lowest BCUT2D eigenvalue weighted by Gasteiger charge is -2.21. The molecular weight excluding hydrogens is 186 g/mol. The highest BCUT2D eigenvalue weighted by molar-refractivity contribution is 5.84. The highest BCUT2D eigenvalue weighted by Gasteiger charge is 2.09. The summed E-state index contributed by atoms with van der Waals surface area (Å²) in [4.78, 5) is 13.6. The second-order valence-electron chi connectivity index (χ2n) is 4.03. The molecule has 0 aliphatic carbocycles. The van der Waals surface area contributed by atoms with E-state index in [1.54, 1.807) is 6.42 Å². The lowest BCUT2D eigenvalue weighted by atomic mass is 10.2. The van der Waals surface area contributed by atoms with Crippen LogP contribution in [0.4, 0.5) is 0 Å². The summed E-state index contributed by atoms with van der Waals surface area (Å²) in [5, 5.41) is 0. The number of rotatable bonds is 9. The largest absolute Gasteiger partial charge is 0.342 e. The molecule has 0 aliphatic rings. The van der Waals surface area contributed by atoms with Crippen molar-refractivity contribution in [2.24, 2.45) is 0 Å². The third-order valence-corrected chi connectivity index (χ3v) is 2.62. The molecule has 0 aromatic heterocycles. The van der Waals surface area contributed by atoms with Gasteiger partial charge in [-0.05, 0) is 12.8 Å². The predicted molar refractivity (Wildman–Crippen MR) is 65.6 cm³/mol. The van der Waals surface area contributed by atoms with Gasteiger partial charge in [0, 0.05) is 19.5 Å². The van der Waals surface area contributed by atoms with E-state index in [1.165, 1.54) is 25.7 Å². The summed E-state index contributed by atoms with van der Waals surface area (Å²) in [6, 6.07) is 0. The molecule has 0 unspecified atom stereocenters. The molecule has 0 fully saturated rings. The zero-order valence-electron chi connectivity index (χ0n) is 10.6. The minimum atomic E-state index is 0.196. The van der Waals surface area contributed by atoms with E-state index in [-0.39, 0.29) is 5.91 Å². The Morgan fingerprint density at radius 3 is 1.80 bits per heavy atom. The molecule has 2 heteroatoms. The van der Waals surface area contributed by atoms with Crippen molar-refractivity contribution < 1.29 is 4.79 Å². The lowest BCUT2D eigenvalue weighted by Crippen LogP contribution is -2.32. The van der Waals surface area contributed by atoms with Crippen LogP contribution in [0.3, 0.4) is 0 Å². The molecule has 0 aliphatic heterocycles. The van der Waals surface area contributed by atoms with Crippen molar-refractivity contribution in [1.29, 1.82) is 0 Å². The van der Waals surface area contributed by atoms with E-state index in [2.05, 4.69) is 13.8 Å². The predicted octanol–water partition coefficient (Wildman–Crippen LogP) is 3.42. The van der Waals surface area contributed by atoms with Crippen LogP contribution in [0.25, 0.3) is 0 Å². The molecule has 1 radical (unpaired) electrons. The van der Waals surface area contributed by atoms with E-state index >= 15 is 0 Å². The maximum Gasteiger partial charge on any atom is 0.226 e. The van der Waals surface area contributed by atoms with Crippen molar-refractivity contribution in [2.75, 3.05) is 13.1 Å². The first-order valence-electron chi connectivity index (χ1n) is 6.34. The van der Waals surface area contributed by atoms with Gasteiger partial charge < -0.3 is 4.90 Å². The molecule has 15 heavy (non-hydrogen) atoms. The standard InChI is InChI=1S/C13H26NO/c1-4-7-9-11-14(13(15)6-3)12-10-8-5-2/h6H,4-5,7-12H2,1-3H3. The zero-order valence-corrected chi connectivity index (χ0v) is 10.6. The number of amides is 1.